The average molecular weight is 366 g/mol. The number of hydrogen-bond acceptors (Lipinski definition) is 5. The fourth-order valence-electron chi connectivity index (χ4n) is 2.10. The molecule has 0 aliphatic rings. The van der Waals surface area contributed by atoms with E-state index in [0.717, 1.165) is 26.3 Å². The van der Waals surface area contributed by atoms with Crippen LogP contribution in [0.4, 0.5) is 4.39 Å². The van der Waals surface area contributed by atoms with Crippen molar-refractivity contribution in [2.24, 2.45) is 0 Å². The molecule has 7 heteroatoms. The van der Waals surface area contributed by atoms with Gasteiger partial charge in [-0.3, -0.25) is 0 Å². The van der Waals surface area contributed by atoms with Gasteiger partial charge < -0.3 is 0 Å². The summed E-state index contributed by atoms with van der Waals surface area (Å²) < 4.78 is 13.7. The molecule has 2 heterocycles. The molecule has 0 amide bonds. The van der Waals surface area contributed by atoms with Crippen molar-refractivity contribution in [1.82, 2.24) is 15.2 Å². The van der Waals surface area contributed by atoms with E-state index in [1.807, 2.05) is 26.0 Å². The Morgan fingerprint density at radius 3 is 2.61 bits per heavy atom. The Kier molecular flexibility index (Phi) is 4.94. The molecule has 0 bridgehead atoms. The summed E-state index contributed by atoms with van der Waals surface area (Å²) in [6.07, 6.45) is 0. The van der Waals surface area contributed by atoms with Gasteiger partial charge >= 0.3 is 0 Å². The van der Waals surface area contributed by atoms with Crippen molar-refractivity contribution in [3.05, 3.63) is 57.4 Å². The topological polar surface area (TPSA) is 38.7 Å². The van der Waals surface area contributed by atoms with Gasteiger partial charge in [0.1, 0.15) is 16.5 Å². The van der Waals surface area contributed by atoms with Crippen molar-refractivity contribution in [3.8, 4) is 10.6 Å². The highest BCUT2D eigenvalue weighted by molar-refractivity contribution is 7.98. The molecule has 0 fully saturated rings. The number of thiazole rings is 1. The highest BCUT2D eigenvalue weighted by atomic mass is 35.5. The maximum Gasteiger partial charge on any atom is 0.128 e. The van der Waals surface area contributed by atoms with Crippen molar-refractivity contribution in [2.45, 2.75) is 24.6 Å². The molecule has 0 aliphatic carbocycles. The second-order valence-electron chi connectivity index (χ2n) is 4.89. The molecular formula is C16H13ClFN3S2. The Hall–Kier alpha value is -1.50. The number of aryl methyl sites for hydroxylation is 2. The highest BCUT2D eigenvalue weighted by Gasteiger charge is 2.11. The first kappa shape index (κ1) is 16.4. The SMILES string of the molecule is Cc1nc(C)c(-c2ccc(SCc3c(F)cccc3Cl)nn2)s1. The Morgan fingerprint density at radius 2 is 2.00 bits per heavy atom. The predicted molar refractivity (Wildman–Crippen MR) is 93.6 cm³/mol. The summed E-state index contributed by atoms with van der Waals surface area (Å²) in [4.78, 5) is 5.43. The van der Waals surface area contributed by atoms with Crippen molar-refractivity contribution in [1.29, 1.82) is 0 Å². The van der Waals surface area contributed by atoms with Crippen LogP contribution in [-0.2, 0) is 5.75 Å². The van der Waals surface area contributed by atoms with E-state index in [-0.39, 0.29) is 5.82 Å². The summed E-state index contributed by atoms with van der Waals surface area (Å²) >= 11 is 9.03. The molecule has 0 radical (unpaired) electrons. The quantitative estimate of drug-likeness (QED) is 0.588. The van der Waals surface area contributed by atoms with Gasteiger partial charge in [-0.05, 0) is 38.1 Å². The number of aromatic nitrogens is 3. The van der Waals surface area contributed by atoms with Gasteiger partial charge in [-0.15, -0.1) is 21.5 Å². The van der Waals surface area contributed by atoms with Crippen LogP contribution in [0.15, 0.2) is 35.4 Å². The van der Waals surface area contributed by atoms with Crippen LogP contribution in [0.5, 0.6) is 0 Å². The van der Waals surface area contributed by atoms with E-state index >= 15 is 0 Å². The van der Waals surface area contributed by atoms with Crippen molar-refractivity contribution in [3.63, 3.8) is 0 Å². The Morgan fingerprint density at radius 1 is 1.17 bits per heavy atom. The third-order valence-corrected chi connectivity index (χ3v) is 5.60. The Balaban J connectivity index is 1.74. The molecule has 0 aliphatic heterocycles. The van der Waals surface area contributed by atoms with Crippen LogP contribution in [0.25, 0.3) is 10.6 Å². The van der Waals surface area contributed by atoms with Crippen molar-refractivity contribution >= 4 is 34.7 Å². The first-order valence-electron chi connectivity index (χ1n) is 6.88. The van der Waals surface area contributed by atoms with E-state index < -0.39 is 0 Å². The number of nitrogens with zero attached hydrogens (tertiary/aromatic N) is 3. The second-order valence-corrected chi connectivity index (χ2v) is 7.50. The maximum atomic E-state index is 13.7. The van der Waals surface area contributed by atoms with Gasteiger partial charge in [-0.1, -0.05) is 29.4 Å². The molecule has 23 heavy (non-hydrogen) atoms. The van der Waals surface area contributed by atoms with Gasteiger partial charge in [0, 0.05) is 16.3 Å². The lowest BCUT2D eigenvalue weighted by atomic mass is 10.2. The smallest absolute Gasteiger partial charge is 0.128 e. The molecule has 118 valence electrons. The largest absolute Gasteiger partial charge is 0.246 e. The van der Waals surface area contributed by atoms with Crippen molar-refractivity contribution < 1.29 is 4.39 Å². The summed E-state index contributed by atoms with van der Waals surface area (Å²) in [6, 6.07) is 8.49. The zero-order chi connectivity index (χ0) is 16.4. The standard InChI is InChI=1S/C16H13ClFN3S2/c1-9-16(23-10(2)19-9)14-6-7-15(21-20-14)22-8-11-12(17)4-3-5-13(11)18/h3-7H,8H2,1-2H3. The lowest BCUT2D eigenvalue weighted by Crippen LogP contribution is -1.92. The minimum absolute atomic E-state index is 0.301. The molecule has 3 aromatic rings. The summed E-state index contributed by atoms with van der Waals surface area (Å²) in [5.41, 5.74) is 2.25. The zero-order valence-corrected chi connectivity index (χ0v) is 14.9. The maximum absolute atomic E-state index is 13.7. The number of benzene rings is 1. The minimum atomic E-state index is -0.301. The van der Waals surface area contributed by atoms with Gasteiger partial charge in [0.05, 0.1) is 15.6 Å². The lowest BCUT2D eigenvalue weighted by molar-refractivity contribution is 0.617. The fourth-order valence-corrected chi connectivity index (χ4v) is 4.15. The fraction of sp³-hybridized carbons (Fsp3) is 0.188. The third kappa shape index (κ3) is 3.71. The predicted octanol–water partition coefficient (Wildman–Crippen LogP) is 5.30. The Bertz CT molecular complexity index is 814. The average Bonchev–Trinajstić information content (AvgIpc) is 2.86. The molecule has 0 unspecified atom stereocenters. The van der Waals surface area contributed by atoms with Crippen LogP contribution in [0, 0.1) is 19.7 Å². The van der Waals surface area contributed by atoms with Crippen LogP contribution in [-0.4, -0.2) is 15.2 Å². The molecule has 0 saturated carbocycles. The lowest BCUT2D eigenvalue weighted by Gasteiger charge is -2.05. The number of rotatable bonds is 4. The van der Waals surface area contributed by atoms with E-state index in [1.165, 1.54) is 17.8 Å². The van der Waals surface area contributed by atoms with Crippen molar-refractivity contribution in [2.75, 3.05) is 0 Å². The van der Waals surface area contributed by atoms with Gasteiger partial charge in [0.15, 0.2) is 0 Å². The van der Waals surface area contributed by atoms with Gasteiger partial charge in [-0.25, -0.2) is 9.37 Å². The van der Waals surface area contributed by atoms with Gasteiger partial charge in [-0.2, -0.15) is 0 Å². The molecule has 0 atom stereocenters. The number of halogens is 2. The molecule has 3 nitrogen and oxygen atoms in total. The van der Waals surface area contributed by atoms with Gasteiger partial charge in [0.2, 0.25) is 0 Å². The van der Waals surface area contributed by atoms with E-state index in [2.05, 4.69) is 15.2 Å². The van der Waals surface area contributed by atoms with Crippen LogP contribution in [0.3, 0.4) is 0 Å². The first-order chi connectivity index (χ1) is 11.0. The summed E-state index contributed by atoms with van der Waals surface area (Å²) in [7, 11) is 0. The van der Waals surface area contributed by atoms with Crippen LogP contribution < -0.4 is 0 Å². The number of thioether (sulfide) groups is 1. The van der Waals surface area contributed by atoms with E-state index in [0.29, 0.717) is 16.3 Å². The zero-order valence-electron chi connectivity index (χ0n) is 12.5. The summed E-state index contributed by atoms with van der Waals surface area (Å²) in [6.45, 7) is 3.93. The molecule has 0 saturated heterocycles. The molecule has 2 aromatic heterocycles. The van der Waals surface area contributed by atoms with E-state index in [4.69, 9.17) is 11.6 Å². The highest BCUT2D eigenvalue weighted by Crippen LogP contribution is 2.30. The van der Waals surface area contributed by atoms with Crippen LogP contribution in [0.2, 0.25) is 5.02 Å². The normalized spacial score (nSPS) is 11.0. The minimum Gasteiger partial charge on any atom is -0.246 e. The Labute approximate surface area is 147 Å². The van der Waals surface area contributed by atoms with Crippen LogP contribution >= 0.6 is 34.7 Å². The summed E-state index contributed by atoms with van der Waals surface area (Å²) in [5, 5.41) is 10.6. The number of hydrogen-bond donors (Lipinski definition) is 0. The van der Waals surface area contributed by atoms with E-state index in [9.17, 15) is 4.39 Å². The molecule has 0 N–H and O–H groups in total. The first-order valence-corrected chi connectivity index (χ1v) is 9.06. The molecule has 1 aromatic carbocycles. The van der Waals surface area contributed by atoms with Gasteiger partial charge in [0.25, 0.3) is 0 Å². The molecule has 0 spiro atoms. The van der Waals surface area contributed by atoms with Crippen LogP contribution in [0.1, 0.15) is 16.3 Å². The summed E-state index contributed by atoms with van der Waals surface area (Å²) in [5.74, 6) is 0.114. The third-order valence-electron chi connectivity index (χ3n) is 3.20. The second kappa shape index (κ2) is 6.95. The molecule has 3 rings (SSSR count). The monoisotopic (exact) mass is 365 g/mol. The molecular weight excluding hydrogens is 353 g/mol. The van der Waals surface area contributed by atoms with E-state index in [1.54, 1.807) is 23.5 Å².